The van der Waals surface area contributed by atoms with Gasteiger partial charge >= 0.3 is 11.8 Å². The lowest BCUT2D eigenvalue weighted by Gasteiger charge is -2.10. The number of nitrogens with one attached hydrogen (secondary N) is 2. The van der Waals surface area contributed by atoms with Crippen molar-refractivity contribution in [3.63, 3.8) is 0 Å². The Labute approximate surface area is 132 Å². The first-order valence-electron chi connectivity index (χ1n) is 6.56. The molecule has 116 valence electrons. The molecular weight excluding hydrogens is 299 g/mol. The van der Waals surface area contributed by atoms with E-state index in [0.717, 1.165) is 6.07 Å². The molecular formula is C17H13FN2O3. The van der Waals surface area contributed by atoms with Gasteiger partial charge in [-0.15, -0.1) is 6.42 Å². The molecule has 6 heteroatoms. The highest BCUT2D eigenvalue weighted by atomic mass is 19.1. The fourth-order valence-electron chi connectivity index (χ4n) is 1.83. The molecule has 23 heavy (non-hydrogen) atoms. The zero-order valence-corrected chi connectivity index (χ0v) is 12.2. The number of amides is 2. The summed E-state index contributed by atoms with van der Waals surface area (Å²) in [7, 11) is 1.37. The van der Waals surface area contributed by atoms with Crippen molar-refractivity contribution in [2.45, 2.75) is 0 Å². The van der Waals surface area contributed by atoms with E-state index >= 15 is 0 Å². The van der Waals surface area contributed by atoms with Crippen LogP contribution in [0.3, 0.4) is 0 Å². The van der Waals surface area contributed by atoms with Gasteiger partial charge in [-0.1, -0.05) is 12.0 Å². The Balaban J connectivity index is 2.10. The molecule has 0 heterocycles. The molecule has 0 saturated heterocycles. The maximum atomic E-state index is 13.2. The van der Waals surface area contributed by atoms with Crippen molar-refractivity contribution < 1.29 is 18.7 Å². The van der Waals surface area contributed by atoms with Gasteiger partial charge < -0.3 is 15.4 Å². The highest BCUT2D eigenvalue weighted by Gasteiger charge is 2.16. The summed E-state index contributed by atoms with van der Waals surface area (Å²) in [6, 6.07) is 10.1. The summed E-state index contributed by atoms with van der Waals surface area (Å²) >= 11 is 0. The molecule has 0 aliphatic rings. The fourth-order valence-corrected chi connectivity index (χ4v) is 1.83. The molecule has 0 aromatic heterocycles. The van der Waals surface area contributed by atoms with E-state index in [-0.39, 0.29) is 11.4 Å². The topological polar surface area (TPSA) is 67.4 Å². The minimum Gasteiger partial charge on any atom is -0.495 e. The molecule has 0 spiro atoms. The Kier molecular flexibility index (Phi) is 4.95. The Morgan fingerprint density at radius 3 is 2.57 bits per heavy atom. The molecule has 0 aliphatic heterocycles. The summed E-state index contributed by atoms with van der Waals surface area (Å²) in [4.78, 5) is 23.8. The zero-order valence-electron chi connectivity index (χ0n) is 12.2. The highest BCUT2D eigenvalue weighted by Crippen LogP contribution is 2.24. The van der Waals surface area contributed by atoms with Crippen molar-refractivity contribution in [1.29, 1.82) is 0 Å². The van der Waals surface area contributed by atoms with Crippen LogP contribution in [0.5, 0.6) is 5.75 Å². The van der Waals surface area contributed by atoms with Crippen molar-refractivity contribution in [3.05, 3.63) is 53.8 Å². The van der Waals surface area contributed by atoms with E-state index in [9.17, 15) is 14.0 Å². The van der Waals surface area contributed by atoms with E-state index in [1.807, 2.05) is 0 Å². The first-order chi connectivity index (χ1) is 11.0. The molecule has 0 aliphatic carbocycles. The number of rotatable bonds is 3. The lowest BCUT2D eigenvalue weighted by molar-refractivity contribution is -0.133. The number of anilines is 2. The minimum absolute atomic E-state index is 0.0602. The van der Waals surface area contributed by atoms with E-state index < -0.39 is 17.6 Å². The molecule has 2 amide bonds. The molecule has 0 unspecified atom stereocenters. The van der Waals surface area contributed by atoms with Crippen molar-refractivity contribution in [1.82, 2.24) is 0 Å². The SMILES string of the molecule is C#Cc1cccc(NC(=O)C(=O)Nc2cc(F)ccc2OC)c1. The van der Waals surface area contributed by atoms with Gasteiger partial charge in [0.25, 0.3) is 0 Å². The summed E-state index contributed by atoms with van der Waals surface area (Å²) in [6.07, 6.45) is 5.27. The van der Waals surface area contributed by atoms with Gasteiger partial charge in [0.05, 0.1) is 12.8 Å². The normalized spacial score (nSPS) is 9.61. The number of terminal acetylenes is 1. The van der Waals surface area contributed by atoms with Crippen LogP contribution >= 0.6 is 0 Å². The molecule has 0 radical (unpaired) electrons. The van der Waals surface area contributed by atoms with E-state index in [1.54, 1.807) is 24.3 Å². The molecule has 2 N–H and O–H groups in total. The Hall–Kier alpha value is -3.33. The summed E-state index contributed by atoms with van der Waals surface area (Å²) < 4.78 is 18.2. The van der Waals surface area contributed by atoms with Gasteiger partial charge in [-0.3, -0.25) is 9.59 Å². The summed E-state index contributed by atoms with van der Waals surface area (Å²) in [6.45, 7) is 0. The molecule has 2 rings (SSSR count). The van der Waals surface area contributed by atoms with Crippen LogP contribution in [0, 0.1) is 18.2 Å². The van der Waals surface area contributed by atoms with Crippen molar-refractivity contribution in [2.24, 2.45) is 0 Å². The smallest absolute Gasteiger partial charge is 0.314 e. The number of methoxy groups -OCH3 is 1. The zero-order chi connectivity index (χ0) is 16.8. The lowest BCUT2D eigenvalue weighted by Crippen LogP contribution is -2.29. The second-order valence-corrected chi connectivity index (χ2v) is 4.48. The predicted octanol–water partition coefficient (Wildman–Crippen LogP) is 2.39. The van der Waals surface area contributed by atoms with Crippen LogP contribution in [0.1, 0.15) is 5.56 Å². The predicted molar refractivity (Wildman–Crippen MR) is 84.6 cm³/mol. The van der Waals surface area contributed by atoms with E-state index in [1.165, 1.54) is 19.2 Å². The second-order valence-electron chi connectivity index (χ2n) is 4.48. The average molecular weight is 312 g/mol. The molecule has 2 aromatic carbocycles. The Morgan fingerprint density at radius 2 is 1.87 bits per heavy atom. The van der Waals surface area contributed by atoms with E-state index in [0.29, 0.717) is 11.3 Å². The first-order valence-corrected chi connectivity index (χ1v) is 6.56. The summed E-state index contributed by atoms with van der Waals surface area (Å²) in [5.41, 5.74) is 1.01. The number of halogens is 1. The average Bonchev–Trinajstić information content (AvgIpc) is 2.55. The maximum absolute atomic E-state index is 13.2. The number of hydrogen-bond donors (Lipinski definition) is 2. The van der Waals surface area contributed by atoms with E-state index in [4.69, 9.17) is 11.2 Å². The van der Waals surface area contributed by atoms with Crippen LogP contribution < -0.4 is 15.4 Å². The Morgan fingerprint density at radius 1 is 1.13 bits per heavy atom. The molecule has 0 saturated carbocycles. The largest absolute Gasteiger partial charge is 0.495 e. The van der Waals surface area contributed by atoms with Crippen LogP contribution in [0.15, 0.2) is 42.5 Å². The maximum Gasteiger partial charge on any atom is 0.314 e. The number of hydrogen-bond acceptors (Lipinski definition) is 3. The molecule has 0 bridgehead atoms. The van der Waals surface area contributed by atoms with Gasteiger partial charge in [0.15, 0.2) is 0 Å². The van der Waals surface area contributed by atoms with Crippen LogP contribution in [0.4, 0.5) is 15.8 Å². The highest BCUT2D eigenvalue weighted by molar-refractivity contribution is 6.43. The number of ether oxygens (including phenoxy) is 1. The third kappa shape index (κ3) is 4.08. The van der Waals surface area contributed by atoms with Crippen molar-refractivity contribution in [2.75, 3.05) is 17.7 Å². The first kappa shape index (κ1) is 16.0. The van der Waals surface area contributed by atoms with Crippen LogP contribution in [-0.4, -0.2) is 18.9 Å². The van der Waals surface area contributed by atoms with Crippen LogP contribution in [0.2, 0.25) is 0 Å². The number of carbonyl (C=O) groups is 2. The van der Waals surface area contributed by atoms with Crippen molar-refractivity contribution >= 4 is 23.2 Å². The van der Waals surface area contributed by atoms with Gasteiger partial charge in [-0.2, -0.15) is 0 Å². The number of benzene rings is 2. The fraction of sp³-hybridized carbons (Fsp3) is 0.0588. The third-order valence-corrected chi connectivity index (χ3v) is 2.90. The summed E-state index contributed by atoms with van der Waals surface area (Å²) in [5, 5.41) is 4.70. The lowest BCUT2D eigenvalue weighted by atomic mass is 10.2. The quantitative estimate of drug-likeness (QED) is 0.675. The standard InChI is InChI=1S/C17H13FN2O3/c1-3-11-5-4-6-13(9-11)19-16(21)17(22)20-14-10-12(18)7-8-15(14)23-2/h1,4-10H,2H3,(H,19,21)(H,20,22). The molecule has 0 fully saturated rings. The number of carbonyl (C=O) groups excluding carboxylic acids is 2. The summed E-state index contributed by atoms with van der Waals surface area (Å²) in [5.74, 6) is 0.222. The van der Waals surface area contributed by atoms with Gasteiger partial charge in [0.1, 0.15) is 11.6 Å². The molecule has 0 atom stereocenters. The van der Waals surface area contributed by atoms with Gasteiger partial charge in [0, 0.05) is 17.3 Å². The van der Waals surface area contributed by atoms with Gasteiger partial charge in [0.2, 0.25) is 0 Å². The van der Waals surface area contributed by atoms with Crippen LogP contribution in [0.25, 0.3) is 0 Å². The van der Waals surface area contributed by atoms with Gasteiger partial charge in [-0.05, 0) is 30.3 Å². The minimum atomic E-state index is -0.958. The third-order valence-electron chi connectivity index (χ3n) is 2.90. The second kappa shape index (κ2) is 7.09. The molecule has 5 nitrogen and oxygen atoms in total. The monoisotopic (exact) mass is 312 g/mol. The van der Waals surface area contributed by atoms with Crippen LogP contribution in [-0.2, 0) is 9.59 Å². The van der Waals surface area contributed by atoms with E-state index in [2.05, 4.69) is 16.6 Å². The van der Waals surface area contributed by atoms with Gasteiger partial charge in [-0.25, -0.2) is 4.39 Å². The molecule has 2 aromatic rings. The Bertz CT molecular complexity index is 797. The van der Waals surface area contributed by atoms with Crippen molar-refractivity contribution in [3.8, 4) is 18.1 Å².